The molecule has 6 nitrogen and oxygen atoms in total. The van der Waals surface area contributed by atoms with Gasteiger partial charge < -0.3 is 14.9 Å². The summed E-state index contributed by atoms with van der Waals surface area (Å²) in [5.74, 6) is 0.262. The lowest BCUT2D eigenvalue weighted by atomic mass is 9.94. The Labute approximate surface area is 182 Å². The lowest BCUT2D eigenvalue weighted by Crippen LogP contribution is -2.49. The maximum absolute atomic E-state index is 13.5. The van der Waals surface area contributed by atoms with Crippen LogP contribution in [-0.2, 0) is 22.9 Å². The predicted molar refractivity (Wildman–Crippen MR) is 118 cm³/mol. The monoisotopic (exact) mass is 439 g/mol. The fraction of sp³-hybridized carbons (Fsp3) is 0.250. The fourth-order valence-electron chi connectivity index (χ4n) is 4.14. The van der Waals surface area contributed by atoms with Crippen molar-refractivity contribution in [2.24, 2.45) is 0 Å². The molecule has 2 atom stereocenters. The molecule has 0 amide bonds. The number of phenolic OH excluding ortho intramolecular Hbond substituents is 1. The average molecular weight is 440 g/mol. The summed E-state index contributed by atoms with van der Waals surface area (Å²) >= 11 is 0. The van der Waals surface area contributed by atoms with Gasteiger partial charge in [0.2, 0.25) is 10.0 Å². The summed E-state index contributed by atoms with van der Waals surface area (Å²) in [6, 6.07) is 20.5. The second-order valence-corrected chi connectivity index (χ2v) is 9.43. The van der Waals surface area contributed by atoms with Crippen molar-refractivity contribution >= 4 is 10.0 Å². The molecule has 3 aromatic carbocycles. The van der Waals surface area contributed by atoms with E-state index < -0.39 is 22.2 Å². The second-order valence-electron chi connectivity index (χ2n) is 7.57. The van der Waals surface area contributed by atoms with E-state index >= 15 is 0 Å². The number of aliphatic hydroxyl groups excluding tert-OH is 1. The Morgan fingerprint density at radius 1 is 0.968 bits per heavy atom. The van der Waals surface area contributed by atoms with E-state index in [4.69, 9.17) is 4.74 Å². The molecule has 3 aromatic rings. The Kier molecular flexibility index (Phi) is 6.00. The van der Waals surface area contributed by atoms with Gasteiger partial charge in [-0.15, -0.1) is 0 Å². The van der Waals surface area contributed by atoms with E-state index in [9.17, 15) is 18.6 Å². The van der Waals surface area contributed by atoms with E-state index in [2.05, 4.69) is 0 Å². The largest absolute Gasteiger partial charge is 0.504 e. The third kappa shape index (κ3) is 4.04. The number of hydrogen-bond donors (Lipinski definition) is 2. The molecule has 0 bridgehead atoms. The molecule has 1 aliphatic rings. The summed E-state index contributed by atoms with van der Waals surface area (Å²) < 4.78 is 33.6. The molecule has 1 aliphatic heterocycles. The van der Waals surface area contributed by atoms with Crippen LogP contribution in [-0.4, -0.2) is 42.6 Å². The van der Waals surface area contributed by atoms with Crippen molar-refractivity contribution in [3.05, 3.63) is 89.5 Å². The smallest absolute Gasteiger partial charge is 0.243 e. The van der Waals surface area contributed by atoms with Crippen LogP contribution >= 0.6 is 0 Å². The Bertz CT molecular complexity index is 1160. The van der Waals surface area contributed by atoms with Gasteiger partial charge in [-0.3, -0.25) is 0 Å². The first-order chi connectivity index (χ1) is 14.9. The van der Waals surface area contributed by atoms with Crippen molar-refractivity contribution in [2.45, 2.75) is 29.9 Å². The number of methoxy groups -OCH3 is 1. The highest BCUT2D eigenvalue weighted by Gasteiger charge is 2.43. The van der Waals surface area contributed by atoms with Crippen LogP contribution in [0.15, 0.2) is 77.7 Å². The van der Waals surface area contributed by atoms with Gasteiger partial charge in [-0.2, -0.15) is 4.31 Å². The summed E-state index contributed by atoms with van der Waals surface area (Å²) in [6.07, 6.45) is -0.372. The minimum Gasteiger partial charge on any atom is -0.504 e. The minimum absolute atomic E-state index is 0.0449. The maximum Gasteiger partial charge on any atom is 0.243 e. The quantitative estimate of drug-likeness (QED) is 0.616. The van der Waals surface area contributed by atoms with Crippen LogP contribution in [0.3, 0.4) is 0 Å². The Morgan fingerprint density at radius 2 is 1.68 bits per heavy atom. The number of para-hydroxylation sites is 1. The van der Waals surface area contributed by atoms with E-state index in [1.807, 2.05) is 30.3 Å². The van der Waals surface area contributed by atoms with Gasteiger partial charge in [-0.1, -0.05) is 60.7 Å². The van der Waals surface area contributed by atoms with E-state index in [0.29, 0.717) is 23.3 Å². The van der Waals surface area contributed by atoms with E-state index in [1.54, 1.807) is 36.4 Å². The predicted octanol–water partition coefficient (Wildman–Crippen LogP) is 3.29. The van der Waals surface area contributed by atoms with Gasteiger partial charge in [0.25, 0.3) is 0 Å². The van der Waals surface area contributed by atoms with Gasteiger partial charge >= 0.3 is 0 Å². The van der Waals surface area contributed by atoms with E-state index in [-0.39, 0.29) is 23.6 Å². The molecule has 0 saturated carbocycles. The van der Waals surface area contributed by atoms with E-state index in [1.165, 1.54) is 17.5 Å². The maximum atomic E-state index is 13.5. The average Bonchev–Trinajstić information content (AvgIpc) is 2.79. The molecule has 7 heteroatoms. The lowest BCUT2D eigenvalue weighted by molar-refractivity contribution is 0.0797. The standard InChI is InChI=1S/C24H25NO5S/c1-30-21-12-7-10-18(23(21)26)16-20-24(27)19-11-5-6-13-22(19)31(28,29)25(20)15-14-17-8-3-2-4-9-17/h2-13,20,24,26-27H,14-16H2,1H3/t20-,24-/m0/s1. The zero-order valence-electron chi connectivity index (χ0n) is 17.2. The van der Waals surface area contributed by atoms with Crippen LogP contribution in [0.5, 0.6) is 11.5 Å². The molecular formula is C24H25NO5S. The molecule has 2 N–H and O–H groups in total. The number of aromatic hydroxyl groups is 1. The lowest BCUT2D eigenvalue weighted by Gasteiger charge is -2.39. The number of benzene rings is 3. The number of sulfonamides is 1. The third-order valence-electron chi connectivity index (χ3n) is 5.75. The van der Waals surface area contributed by atoms with Gasteiger partial charge in [0, 0.05) is 12.1 Å². The number of hydrogen-bond acceptors (Lipinski definition) is 5. The Hall–Kier alpha value is -2.87. The zero-order valence-corrected chi connectivity index (χ0v) is 18.0. The number of nitrogens with zero attached hydrogens (tertiary/aromatic N) is 1. The van der Waals surface area contributed by atoms with Gasteiger partial charge in [0.05, 0.1) is 24.2 Å². The first-order valence-electron chi connectivity index (χ1n) is 10.1. The molecule has 0 saturated heterocycles. The van der Waals surface area contributed by atoms with Gasteiger partial charge in [0.15, 0.2) is 11.5 Å². The SMILES string of the molecule is COc1cccc(C[C@H]2[C@@H](O)c3ccccc3S(=O)(=O)N2CCc2ccccc2)c1O. The first-order valence-corrected chi connectivity index (χ1v) is 11.5. The Morgan fingerprint density at radius 3 is 2.42 bits per heavy atom. The highest BCUT2D eigenvalue weighted by molar-refractivity contribution is 7.89. The van der Waals surface area contributed by atoms with Crippen molar-refractivity contribution in [3.63, 3.8) is 0 Å². The van der Waals surface area contributed by atoms with Crippen LogP contribution < -0.4 is 4.74 Å². The fourth-order valence-corrected chi connectivity index (χ4v) is 6.00. The summed E-state index contributed by atoms with van der Waals surface area (Å²) in [4.78, 5) is 0.127. The van der Waals surface area contributed by atoms with Gasteiger partial charge in [-0.05, 0) is 36.1 Å². The molecule has 4 rings (SSSR count). The van der Waals surface area contributed by atoms with Crippen LogP contribution in [0.1, 0.15) is 22.8 Å². The molecule has 1 heterocycles. The number of rotatable bonds is 6. The van der Waals surface area contributed by atoms with E-state index in [0.717, 1.165) is 5.56 Å². The highest BCUT2D eigenvalue weighted by Crippen LogP contribution is 2.40. The van der Waals surface area contributed by atoms with Gasteiger partial charge in [0.1, 0.15) is 0 Å². The molecule has 162 valence electrons. The van der Waals surface area contributed by atoms with Crippen molar-refractivity contribution in [2.75, 3.05) is 13.7 Å². The van der Waals surface area contributed by atoms with Crippen LogP contribution in [0.2, 0.25) is 0 Å². The van der Waals surface area contributed by atoms with Crippen LogP contribution in [0, 0.1) is 0 Å². The first kappa shape index (κ1) is 21.4. The zero-order chi connectivity index (χ0) is 22.0. The van der Waals surface area contributed by atoms with Crippen molar-refractivity contribution < 1.29 is 23.4 Å². The molecule has 0 unspecified atom stereocenters. The number of aliphatic hydroxyl groups is 1. The summed E-state index contributed by atoms with van der Waals surface area (Å²) in [6.45, 7) is 0.215. The third-order valence-corrected chi connectivity index (χ3v) is 7.75. The summed E-state index contributed by atoms with van der Waals surface area (Å²) in [5, 5.41) is 21.7. The number of fused-ring (bicyclic) bond motifs is 1. The van der Waals surface area contributed by atoms with Crippen molar-refractivity contribution in [1.82, 2.24) is 4.31 Å². The molecule has 31 heavy (non-hydrogen) atoms. The number of ether oxygens (including phenoxy) is 1. The highest BCUT2D eigenvalue weighted by atomic mass is 32.2. The molecule has 0 spiro atoms. The second kappa shape index (κ2) is 8.70. The number of phenols is 1. The van der Waals surface area contributed by atoms with Crippen LogP contribution in [0.25, 0.3) is 0 Å². The minimum atomic E-state index is -3.82. The summed E-state index contributed by atoms with van der Waals surface area (Å²) in [5.41, 5.74) is 1.91. The molecule has 0 fully saturated rings. The van der Waals surface area contributed by atoms with Crippen LogP contribution in [0.4, 0.5) is 0 Å². The molecule has 0 aliphatic carbocycles. The van der Waals surface area contributed by atoms with Crippen molar-refractivity contribution in [3.8, 4) is 11.5 Å². The Balaban J connectivity index is 1.74. The normalized spacial score (nSPS) is 20.2. The molecule has 0 radical (unpaired) electrons. The molecular weight excluding hydrogens is 414 g/mol. The summed E-state index contributed by atoms with van der Waals surface area (Å²) in [7, 11) is -2.36. The molecule has 0 aromatic heterocycles. The van der Waals surface area contributed by atoms with Crippen molar-refractivity contribution in [1.29, 1.82) is 0 Å². The van der Waals surface area contributed by atoms with Gasteiger partial charge in [-0.25, -0.2) is 8.42 Å². The topological polar surface area (TPSA) is 87.1 Å².